The number of nitrogens with one attached hydrogen (secondary N) is 3. The van der Waals surface area contributed by atoms with E-state index in [1.807, 2.05) is 0 Å². The number of carbonyl (C=O) groups is 3. The van der Waals surface area contributed by atoms with Crippen molar-refractivity contribution >= 4 is 76.2 Å². The number of anilines is 4. The molecule has 296 valence electrons. The predicted molar refractivity (Wildman–Crippen MR) is 183 cm³/mol. The average molecular weight is 812 g/mol. The van der Waals surface area contributed by atoms with Gasteiger partial charge in [-0.15, -0.1) is 0 Å². The van der Waals surface area contributed by atoms with Crippen LogP contribution in [0.2, 0.25) is 10.3 Å². The smallest absolute Gasteiger partial charge is 0.382 e. The molecular formula is C27H35Cl2F3N14O8. The van der Waals surface area contributed by atoms with Crippen LogP contribution in [0.25, 0.3) is 0 Å². The molecule has 4 heterocycles. The molecule has 0 radical (unpaired) electrons. The Morgan fingerprint density at radius 2 is 1.20 bits per heavy atom. The van der Waals surface area contributed by atoms with Crippen LogP contribution in [0.4, 0.5) is 36.4 Å². The maximum Gasteiger partial charge on any atom is 0.493 e. The number of halogens is 5. The molecule has 2 aliphatic rings. The van der Waals surface area contributed by atoms with Crippen LogP contribution in [-0.4, -0.2) is 108 Å². The SMILES string of the molecule is NC(=NCCCC1OCC2(CO1)COC(CCCN=C(NOC(=O)C(F)(F)F)NC(=O)c1nc(Cl)c(N)nc1N)OC2)NC(=O)c1nc(Cl)c(N)nc1N. The van der Waals surface area contributed by atoms with Crippen molar-refractivity contribution in [2.75, 3.05) is 62.5 Å². The maximum absolute atomic E-state index is 12.6. The number of aromatic nitrogens is 4. The molecule has 0 aliphatic carbocycles. The predicted octanol–water partition coefficient (Wildman–Crippen LogP) is -0.365. The van der Waals surface area contributed by atoms with E-state index in [1.54, 1.807) is 5.48 Å². The summed E-state index contributed by atoms with van der Waals surface area (Å²) in [5.74, 6) is -6.35. The Balaban J connectivity index is 1.17. The molecule has 2 aliphatic heterocycles. The molecule has 54 heavy (non-hydrogen) atoms. The summed E-state index contributed by atoms with van der Waals surface area (Å²) < 4.78 is 61.3. The Morgan fingerprint density at radius 3 is 1.67 bits per heavy atom. The molecule has 13 N–H and O–H groups in total. The van der Waals surface area contributed by atoms with Gasteiger partial charge in [-0.05, 0) is 12.8 Å². The largest absolute Gasteiger partial charge is 0.493 e. The number of alkyl halides is 3. The highest BCUT2D eigenvalue weighted by Crippen LogP contribution is 2.32. The van der Waals surface area contributed by atoms with Gasteiger partial charge in [0.2, 0.25) is 5.96 Å². The summed E-state index contributed by atoms with van der Waals surface area (Å²) >= 11 is 11.6. The van der Waals surface area contributed by atoms with Gasteiger partial charge in [-0.25, -0.2) is 24.7 Å². The lowest BCUT2D eigenvalue weighted by Gasteiger charge is -2.43. The van der Waals surface area contributed by atoms with Crippen molar-refractivity contribution in [1.29, 1.82) is 0 Å². The number of nitrogen functional groups attached to an aromatic ring is 4. The highest BCUT2D eigenvalue weighted by atomic mass is 35.5. The average Bonchev–Trinajstić information content (AvgIpc) is 3.11. The second-order valence-corrected chi connectivity index (χ2v) is 12.3. The van der Waals surface area contributed by atoms with Gasteiger partial charge in [0.15, 0.2) is 63.5 Å². The van der Waals surface area contributed by atoms with Crippen molar-refractivity contribution in [2.45, 2.75) is 44.4 Å². The number of hydrogen-bond acceptors (Lipinski definition) is 18. The summed E-state index contributed by atoms with van der Waals surface area (Å²) in [4.78, 5) is 63.1. The van der Waals surface area contributed by atoms with E-state index in [1.165, 1.54) is 0 Å². The Kier molecular flexibility index (Phi) is 14.1. The number of carbonyl (C=O) groups excluding carboxylic acids is 3. The molecule has 0 aromatic carbocycles. The zero-order valence-corrected chi connectivity index (χ0v) is 29.5. The third-order valence-corrected chi connectivity index (χ3v) is 7.79. The standard InChI is InChI=1S/C27H35Cl2F3N14O8/c28-15-19(35)42-17(33)13(40-15)21(47)44-24(37)38-5-1-3-11-50-7-26(8-51-11)9-52-12(53-10-26)4-2-6-39-25(46-54-23(49)27(30,31)32)45-22(48)14-18(34)43-20(36)16(29)41-14/h11-12H,1-10H2,(H4,33,35,42)(H4,34,36,43)(H3,37,38,44,47)(H2,39,45,46,48). The lowest BCUT2D eigenvalue weighted by molar-refractivity contribution is -0.304. The van der Waals surface area contributed by atoms with Crippen LogP contribution in [0, 0.1) is 5.41 Å². The summed E-state index contributed by atoms with van der Waals surface area (Å²) in [6.45, 7) is 1.19. The van der Waals surface area contributed by atoms with Gasteiger partial charge in [0.1, 0.15) is 0 Å². The lowest BCUT2D eigenvalue weighted by atomic mass is 9.90. The molecule has 2 saturated heterocycles. The highest BCUT2D eigenvalue weighted by Gasteiger charge is 2.43. The van der Waals surface area contributed by atoms with E-state index in [-0.39, 0.29) is 91.8 Å². The zero-order valence-electron chi connectivity index (χ0n) is 28.0. The fourth-order valence-electron chi connectivity index (χ4n) is 4.51. The Morgan fingerprint density at radius 1 is 0.759 bits per heavy atom. The minimum atomic E-state index is -5.33. The Labute approximate surface area is 313 Å². The van der Waals surface area contributed by atoms with Gasteiger partial charge in [0, 0.05) is 25.9 Å². The van der Waals surface area contributed by atoms with Gasteiger partial charge in [0.05, 0.1) is 31.8 Å². The van der Waals surface area contributed by atoms with Crippen LogP contribution in [0.15, 0.2) is 9.98 Å². The number of aliphatic imine (C=N–C) groups is 2. The molecule has 0 unspecified atom stereocenters. The molecule has 2 aromatic rings. The monoisotopic (exact) mass is 810 g/mol. The second-order valence-electron chi connectivity index (χ2n) is 11.5. The highest BCUT2D eigenvalue weighted by molar-refractivity contribution is 6.32. The fraction of sp³-hybridized carbons (Fsp3) is 0.519. The molecule has 22 nitrogen and oxygen atoms in total. The van der Waals surface area contributed by atoms with E-state index in [0.717, 1.165) is 0 Å². The Hall–Kier alpha value is -5.08. The van der Waals surface area contributed by atoms with Crippen molar-refractivity contribution in [1.82, 2.24) is 36.0 Å². The number of nitrogens with two attached hydrogens (primary N) is 5. The first-order chi connectivity index (χ1) is 25.5. The number of hydrogen-bond donors (Lipinski definition) is 8. The molecule has 27 heteroatoms. The van der Waals surface area contributed by atoms with Crippen LogP contribution >= 0.6 is 23.2 Å². The number of rotatable bonds is 10. The molecule has 0 atom stereocenters. The van der Waals surface area contributed by atoms with Gasteiger partial charge in [-0.3, -0.25) is 30.2 Å². The normalized spacial score (nSPS) is 20.7. The third kappa shape index (κ3) is 11.7. The van der Waals surface area contributed by atoms with Crippen molar-refractivity contribution < 1.29 is 51.3 Å². The molecule has 2 aromatic heterocycles. The molecule has 1 spiro atoms. The number of hydroxylamine groups is 1. The topological polar surface area (TPSA) is 340 Å². The van der Waals surface area contributed by atoms with Crippen LogP contribution in [-0.2, 0) is 28.6 Å². The van der Waals surface area contributed by atoms with E-state index in [9.17, 15) is 27.6 Å². The van der Waals surface area contributed by atoms with E-state index >= 15 is 0 Å². The van der Waals surface area contributed by atoms with Crippen LogP contribution in [0.1, 0.15) is 46.7 Å². The number of nitrogens with zero attached hydrogens (tertiary/aromatic N) is 6. The quantitative estimate of drug-likeness (QED) is 0.0657. The molecule has 0 bridgehead atoms. The first-order valence-electron chi connectivity index (χ1n) is 15.6. The lowest BCUT2D eigenvalue weighted by Crippen LogP contribution is -2.52. The summed E-state index contributed by atoms with van der Waals surface area (Å²) in [5.41, 5.74) is 28.4. The Bertz CT molecular complexity index is 1760. The van der Waals surface area contributed by atoms with Crippen molar-refractivity contribution in [3.05, 3.63) is 21.7 Å². The molecule has 2 fully saturated rings. The number of guanidine groups is 2. The minimum Gasteiger partial charge on any atom is -0.382 e. The van der Waals surface area contributed by atoms with Crippen molar-refractivity contribution in [2.24, 2.45) is 21.1 Å². The van der Waals surface area contributed by atoms with Crippen LogP contribution in [0.3, 0.4) is 0 Å². The number of amides is 2. The molecule has 0 saturated carbocycles. The summed E-state index contributed by atoms with van der Waals surface area (Å²) in [6, 6.07) is 0. The fourth-order valence-corrected chi connectivity index (χ4v) is 4.77. The van der Waals surface area contributed by atoms with E-state index < -0.39 is 59.4 Å². The van der Waals surface area contributed by atoms with Gasteiger partial charge >= 0.3 is 12.1 Å². The first-order valence-corrected chi connectivity index (χ1v) is 16.4. The first kappa shape index (κ1) is 41.7. The van der Waals surface area contributed by atoms with E-state index in [4.69, 9.17) is 70.8 Å². The van der Waals surface area contributed by atoms with Crippen molar-refractivity contribution in [3.8, 4) is 0 Å². The summed E-state index contributed by atoms with van der Waals surface area (Å²) in [7, 11) is 0. The maximum atomic E-state index is 12.6. The number of ether oxygens (including phenoxy) is 4. The summed E-state index contributed by atoms with van der Waals surface area (Å²) in [5, 5.41) is 3.89. The van der Waals surface area contributed by atoms with Crippen molar-refractivity contribution in [3.63, 3.8) is 0 Å². The molecule has 4 rings (SSSR count). The van der Waals surface area contributed by atoms with Gasteiger partial charge in [-0.1, -0.05) is 23.2 Å². The second kappa shape index (κ2) is 18.3. The summed E-state index contributed by atoms with van der Waals surface area (Å²) in [6.07, 6.45) is -5.00. The van der Waals surface area contributed by atoms with Gasteiger partial charge in [0.25, 0.3) is 11.8 Å². The van der Waals surface area contributed by atoms with Gasteiger partial charge in [-0.2, -0.15) is 18.7 Å². The van der Waals surface area contributed by atoms with E-state index in [0.29, 0.717) is 12.8 Å². The molecular weight excluding hydrogens is 776 g/mol. The zero-order chi connectivity index (χ0) is 39.6. The van der Waals surface area contributed by atoms with E-state index in [2.05, 4.69) is 45.4 Å². The van der Waals surface area contributed by atoms with Crippen LogP contribution < -0.4 is 44.8 Å². The van der Waals surface area contributed by atoms with Crippen LogP contribution in [0.5, 0.6) is 0 Å². The third-order valence-electron chi connectivity index (χ3n) is 7.23. The molecule has 2 amide bonds. The van der Waals surface area contributed by atoms with Gasteiger partial charge < -0.3 is 52.5 Å². The minimum absolute atomic E-state index is 0.0963.